The van der Waals surface area contributed by atoms with Crippen molar-refractivity contribution in [3.8, 4) is 0 Å². The summed E-state index contributed by atoms with van der Waals surface area (Å²) in [5.41, 5.74) is 1.03. The fourth-order valence-electron chi connectivity index (χ4n) is 3.99. The van der Waals surface area contributed by atoms with Gasteiger partial charge in [0.05, 0.1) is 16.3 Å². The van der Waals surface area contributed by atoms with Crippen molar-refractivity contribution in [2.75, 3.05) is 64.3 Å². The van der Waals surface area contributed by atoms with Gasteiger partial charge < -0.3 is 14.7 Å². The number of rotatable bonds is 4. The molecule has 1 amide bonds. The lowest BCUT2D eigenvalue weighted by atomic mass is 10.2. The highest BCUT2D eigenvalue weighted by Gasteiger charge is 2.36. The summed E-state index contributed by atoms with van der Waals surface area (Å²) in [6.07, 6.45) is 1.51. The number of carbonyl (C=O) groups excluding carboxylic acids is 1. The highest BCUT2D eigenvalue weighted by molar-refractivity contribution is 7.89. The molecule has 1 aromatic heterocycles. The second-order valence-electron chi connectivity index (χ2n) is 7.96. The van der Waals surface area contributed by atoms with E-state index in [4.69, 9.17) is 11.6 Å². The number of aromatic nitrogens is 2. The molecule has 2 saturated heterocycles. The Kier molecular flexibility index (Phi) is 6.25. The van der Waals surface area contributed by atoms with Crippen LogP contribution in [0.4, 0.5) is 5.69 Å². The summed E-state index contributed by atoms with van der Waals surface area (Å²) in [5, 5.41) is 4.65. The number of likely N-dealkylation sites (N-methyl/N-ethyl adjacent to an activating group) is 1. The number of piperazine rings is 2. The lowest BCUT2D eigenvalue weighted by Gasteiger charge is -2.35. The molecular formula is C20H27ClN6O3S. The third kappa shape index (κ3) is 4.43. The van der Waals surface area contributed by atoms with Gasteiger partial charge in [-0.3, -0.25) is 9.48 Å². The molecule has 11 heteroatoms. The van der Waals surface area contributed by atoms with Crippen LogP contribution >= 0.6 is 11.6 Å². The summed E-state index contributed by atoms with van der Waals surface area (Å²) in [5.74, 6) is -0.283. The fraction of sp³-hybridized carbons (Fsp3) is 0.500. The monoisotopic (exact) mass is 466 g/mol. The number of benzene rings is 1. The molecule has 9 nitrogen and oxygen atoms in total. The topological polar surface area (TPSA) is 82.0 Å². The number of halogens is 1. The number of aryl methyl sites for hydroxylation is 1. The van der Waals surface area contributed by atoms with Crippen LogP contribution in [0.1, 0.15) is 10.4 Å². The summed E-state index contributed by atoms with van der Waals surface area (Å²) < 4.78 is 29.6. The van der Waals surface area contributed by atoms with E-state index in [-0.39, 0.29) is 16.5 Å². The Morgan fingerprint density at radius 2 is 1.61 bits per heavy atom. The van der Waals surface area contributed by atoms with Crippen molar-refractivity contribution < 1.29 is 13.2 Å². The molecule has 0 bridgehead atoms. The van der Waals surface area contributed by atoms with Gasteiger partial charge in [0.2, 0.25) is 5.03 Å². The molecule has 0 saturated carbocycles. The second-order valence-corrected chi connectivity index (χ2v) is 10.2. The molecule has 2 fully saturated rings. The van der Waals surface area contributed by atoms with Crippen LogP contribution in [0.5, 0.6) is 0 Å². The van der Waals surface area contributed by atoms with Gasteiger partial charge in [-0.05, 0) is 19.2 Å². The van der Waals surface area contributed by atoms with Crippen LogP contribution in [-0.2, 0) is 17.1 Å². The molecule has 0 spiro atoms. The number of sulfonamides is 1. The standard InChI is InChI=1S/C20H27ClN6O3S/c1-23-7-9-26(10-8-23)20(28)16-15-24(2)22-19(16)31(29,30)27-13-11-25(12-14-27)18-6-4-3-5-17(18)21/h3-6,15H,7-14H2,1-2H3. The third-order valence-corrected chi connectivity index (χ3v) is 7.99. The Bertz CT molecular complexity index is 1060. The number of carbonyl (C=O) groups is 1. The Morgan fingerprint density at radius 3 is 2.26 bits per heavy atom. The maximum atomic E-state index is 13.4. The van der Waals surface area contributed by atoms with E-state index in [1.165, 1.54) is 15.2 Å². The number of hydrogen-bond donors (Lipinski definition) is 0. The van der Waals surface area contributed by atoms with E-state index in [2.05, 4.69) is 14.9 Å². The summed E-state index contributed by atoms with van der Waals surface area (Å²) in [7, 11) is -0.260. The minimum Gasteiger partial charge on any atom is -0.368 e. The van der Waals surface area contributed by atoms with E-state index in [9.17, 15) is 13.2 Å². The van der Waals surface area contributed by atoms with Gasteiger partial charge in [0.1, 0.15) is 0 Å². The number of amides is 1. The van der Waals surface area contributed by atoms with Crippen LogP contribution in [0.3, 0.4) is 0 Å². The Labute approximate surface area is 187 Å². The molecule has 2 aliphatic rings. The fourth-order valence-corrected chi connectivity index (χ4v) is 5.78. The predicted octanol–water partition coefficient (Wildman–Crippen LogP) is 0.972. The van der Waals surface area contributed by atoms with Crippen LogP contribution in [0.15, 0.2) is 35.5 Å². The smallest absolute Gasteiger partial charge is 0.263 e. The van der Waals surface area contributed by atoms with Crippen molar-refractivity contribution in [2.45, 2.75) is 5.03 Å². The zero-order valence-electron chi connectivity index (χ0n) is 17.7. The first-order valence-corrected chi connectivity index (χ1v) is 12.1. The summed E-state index contributed by atoms with van der Waals surface area (Å²) in [6, 6.07) is 7.53. The molecule has 1 aromatic carbocycles. The van der Waals surface area contributed by atoms with E-state index >= 15 is 0 Å². The maximum absolute atomic E-state index is 13.4. The van der Waals surface area contributed by atoms with Crippen molar-refractivity contribution in [1.82, 2.24) is 23.9 Å². The SMILES string of the molecule is CN1CCN(C(=O)c2cn(C)nc2S(=O)(=O)N2CCN(c3ccccc3Cl)CC2)CC1. The molecule has 0 atom stereocenters. The van der Waals surface area contributed by atoms with Gasteiger partial charge in [0, 0.05) is 65.6 Å². The maximum Gasteiger partial charge on any atom is 0.263 e. The Morgan fingerprint density at radius 1 is 0.968 bits per heavy atom. The van der Waals surface area contributed by atoms with Crippen LogP contribution < -0.4 is 4.90 Å². The average Bonchev–Trinajstić information content (AvgIpc) is 3.17. The highest BCUT2D eigenvalue weighted by Crippen LogP contribution is 2.28. The van der Waals surface area contributed by atoms with Crippen LogP contribution in [0, 0.1) is 0 Å². The van der Waals surface area contributed by atoms with Gasteiger partial charge in [-0.1, -0.05) is 23.7 Å². The van der Waals surface area contributed by atoms with E-state index in [0.29, 0.717) is 44.3 Å². The van der Waals surface area contributed by atoms with Gasteiger partial charge in [-0.15, -0.1) is 0 Å². The molecule has 2 aliphatic heterocycles. The van der Waals surface area contributed by atoms with Crippen molar-refractivity contribution in [2.24, 2.45) is 7.05 Å². The summed E-state index contributed by atoms with van der Waals surface area (Å²) in [4.78, 5) is 19.0. The molecule has 3 heterocycles. The first-order valence-electron chi connectivity index (χ1n) is 10.3. The molecule has 31 heavy (non-hydrogen) atoms. The lowest BCUT2D eigenvalue weighted by Crippen LogP contribution is -2.49. The van der Waals surface area contributed by atoms with E-state index in [1.54, 1.807) is 11.9 Å². The molecule has 0 unspecified atom stereocenters. The summed E-state index contributed by atoms with van der Waals surface area (Å²) in [6.45, 7) is 4.28. The van der Waals surface area contributed by atoms with E-state index in [0.717, 1.165) is 18.8 Å². The van der Waals surface area contributed by atoms with Crippen molar-refractivity contribution >= 4 is 33.2 Å². The van der Waals surface area contributed by atoms with Gasteiger partial charge in [-0.25, -0.2) is 8.42 Å². The van der Waals surface area contributed by atoms with Gasteiger partial charge >= 0.3 is 0 Å². The van der Waals surface area contributed by atoms with Gasteiger partial charge in [0.15, 0.2) is 0 Å². The minimum atomic E-state index is -3.90. The summed E-state index contributed by atoms with van der Waals surface area (Å²) >= 11 is 6.29. The zero-order valence-corrected chi connectivity index (χ0v) is 19.3. The third-order valence-electron chi connectivity index (χ3n) is 5.83. The highest BCUT2D eigenvalue weighted by atomic mass is 35.5. The quantitative estimate of drug-likeness (QED) is 0.668. The van der Waals surface area contributed by atoms with E-state index < -0.39 is 10.0 Å². The largest absolute Gasteiger partial charge is 0.368 e. The Hall–Kier alpha value is -2.14. The number of anilines is 1. The van der Waals surface area contributed by atoms with E-state index in [1.807, 2.05) is 31.3 Å². The average molecular weight is 467 g/mol. The zero-order chi connectivity index (χ0) is 22.2. The predicted molar refractivity (Wildman–Crippen MR) is 119 cm³/mol. The lowest BCUT2D eigenvalue weighted by molar-refractivity contribution is 0.0660. The van der Waals surface area contributed by atoms with Crippen molar-refractivity contribution in [3.63, 3.8) is 0 Å². The van der Waals surface area contributed by atoms with Crippen LogP contribution in [-0.4, -0.2) is 97.6 Å². The molecule has 0 radical (unpaired) electrons. The first-order chi connectivity index (χ1) is 14.8. The minimum absolute atomic E-state index is 0.139. The molecule has 2 aromatic rings. The molecular weight excluding hydrogens is 440 g/mol. The number of hydrogen-bond acceptors (Lipinski definition) is 6. The molecule has 4 rings (SSSR count). The Balaban J connectivity index is 1.52. The van der Waals surface area contributed by atoms with Crippen molar-refractivity contribution in [3.05, 3.63) is 41.0 Å². The van der Waals surface area contributed by atoms with Crippen LogP contribution in [0.2, 0.25) is 5.02 Å². The van der Waals surface area contributed by atoms with Gasteiger partial charge in [-0.2, -0.15) is 9.40 Å². The normalized spacial score (nSPS) is 19.1. The van der Waals surface area contributed by atoms with Crippen molar-refractivity contribution in [1.29, 1.82) is 0 Å². The van der Waals surface area contributed by atoms with Crippen LogP contribution in [0.25, 0.3) is 0 Å². The second kappa shape index (κ2) is 8.78. The number of nitrogens with zero attached hydrogens (tertiary/aromatic N) is 6. The molecule has 0 aliphatic carbocycles. The first kappa shape index (κ1) is 22.1. The molecule has 168 valence electrons. The number of para-hydroxylation sites is 1. The van der Waals surface area contributed by atoms with Gasteiger partial charge in [0.25, 0.3) is 15.9 Å². The molecule has 0 N–H and O–H groups in total.